The zero-order valence-corrected chi connectivity index (χ0v) is 13.7. The zero-order chi connectivity index (χ0) is 17.3. The molecule has 0 saturated carbocycles. The van der Waals surface area contributed by atoms with E-state index in [-0.39, 0.29) is 10.7 Å². The van der Waals surface area contributed by atoms with Gasteiger partial charge in [0, 0.05) is 29.8 Å². The van der Waals surface area contributed by atoms with Crippen molar-refractivity contribution in [3.8, 4) is 17.2 Å². The maximum absolute atomic E-state index is 10.8. The van der Waals surface area contributed by atoms with Crippen LogP contribution in [0.1, 0.15) is 5.56 Å². The molecule has 1 heterocycles. The highest BCUT2D eigenvalue weighted by Gasteiger charge is 2.14. The minimum Gasteiger partial charge on any atom is -0.496 e. The molecular weight excluding hydrogens is 332 g/mol. The third-order valence-corrected chi connectivity index (χ3v) is 3.86. The summed E-state index contributed by atoms with van der Waals surface area (Å²) in [7, 11) is 1.60. The van der Waals surface area contributed by atoms with E-state index in [4.69, 9.17) is 21.1 Å². The van der Waals surface area contributed by atoms with Crippen molar-refractivity contribution in [2.75, 3.05) is 7.11 Å². The SMILES string of the molecule is COc1cc2nccc(Oc3ccc([N+](=O)[O-])c(Cl)c3)c2cc1C. The zero-order valence-electron chi connectivity index (χ0n) is 12.9. The fourth-order valence-corrected chi connectivity index (χ4v) is 2.63. The summed E-state index contributed by atoms with van der Waals surface area (Å²) in [6.45, 7) is 1.93. The lowest BCUT2D eigenvalue weighted by Gasteiger charge is -2.11. The van der Waals surface area contributed by atoms with Crippen molar-refractivity contribution in [3.05, 3.63) is 63.3 Å². The van der Waals surface area contributed by atoms with Crippen LogP contribution in [0.2, 0.25) is 5.02 Å². The van der Waals surface area contributed by atoms with Gasteiger partial charge in [-0.2, -0.15) is 0 Å². The molecule has 0 spiro atoms. The van der Waals surface area contributed by atoms with Gasteiger partial charge in [0.2, 0.25) is 0 Å². The summed E-state index contributed by atoms with van der Waals surface area (Å²) < 4.78 is 11.1. The van der Waals surface area contributed by atoms with Crippen LogP contribution >= 0.6 is 11.6 Å². The van der Waals surface area contributed by atoms with Crippen LogP contribution in [0.3, 0.4) is 0 Å². The summed E-state index contributed by atoms with van der Waals surface area (Å²) in [5.74, 6) is 1.73. The first-order valence-electron chi connectivity index (χ1n) is 7.04. The molecule has 0 N–H and O–H groups in total. The van der Waals surface area contributed by atoms with E-state index >= 15 is 0 Å². The number of hydrogen-bond acceptors (Lipinski definition) is 5. The number of hydrogen-bond donors (Lipinski definition) is 0. The highest BCUT2D eigenvalue weighted by molar-refractivity contribution is 6.32. The normalized spacial score (nSPS) is 10.6. The Kier molecular flexibility index (Phi) is 4.22. The lowest BCUT2D eigenvalue weighted by Crippen LogP contribution is -1.93. The standard InChI is InChI=1S/C17H13ClN2O4/c1-10-7-12-14(9-17(10)23-2)19-6-5-16(12)24-11-3-4-15(20(21)22)13(18)8-11/h3-9H,1-2H3. The quantitative estimate of drug-likeness (QED) is 0.496. The van der Waals surface area contributed by atoms with Crippen LogP contribution in [0.15, 0.2) is 42.6 Å². The second-order valence-electron chi connectivity index (χ2n) is 5.12. The molecule has 122 valence electrons. The van der Waals surface area contributed by atoms with Crippen LogP contribution < -0.4 is 9.47 Å². The average molecular weight is 345 g/mol. The Morgan fingerprint density at radius 2 is 1.96 bits per heavy atom. The third kappa shape index (κ3) is 2.96. The van der Waals surface area contributed by atoms with Gasteiger partial charge in [0.15, 0.2) is 0 Å². The van der Waals surface area contributed by atoms with Crippen LogP contribution in [0.4, 0.5) is 5.69 Å². The fourth-order valence-electron chi connectivity index (χ4n) is 2.39. The highest BCUT2D eigenvalue weighted by atomic mass is 35.5. The molecule has 0 aliphatic heterocycles. The molecule has 0 aliphatic rings. The van der Waals surface area contributed by atoms with E-state index in [2.05, 4.69) is 4.98 Å². The first-order chi connectivity index (χ1) is 11.5. The third-order valence-electron chi connectivity index (χ3n) is 3.56. The number of nitro benzene ring substituents is 1. The lowest BCUT2D eigenvalue weighted by atomic mass is 10.1. The van der Waals surface area contributed by atoms with Crippen molar-refractivity contribution in [1.29, 1.82) is 0 Å². The highest BCUT2D eigenvalue weighted by Crippen LogP contribution is 2.35. The fraction of sp³-hybridized carbons (Fsp3) is 0.118. The molecule has 0 atom stereocenters. The molecule has 0 bridgehead atoms. The molecule has 1 aromatic heterocycles. The Balaban J connectivity index is 2.03. The van der Waals surface area contributed by atoms with Gasteiger partial charge in [-0.05, 0) is 30.7 Å². The van der Waals surface area contributed by atoms with Crippen LogP contribution in [-0.2, 0) is 0 Å². The van der Waals surface area contributed by atoms with Gasteiger partial charge in [-0.3, -0.25) is 15.1 Å². The summed E-state index contributed by atoms with van der Waals surface area (Å²) in [6, 6.07) is 9.72. The van der Waals surface area contributed by atoms with Crippen LogP contribution in [0.25, 0.3) is 10.9 Å². The number of pyridine rings is 1. The summed E-state index contributed by atoms with van der Waals surface area (Å²) in [4.78, 5) is 14.6. The van der Waals surface area contributed by atoms with Gasteiger partial charge in [0.1, 0.15) is 22.3 Å². The van der Waals surface area contributed by atoms with Crippen molar-refractivity contribution in [1.82, 2.24) is 4.98 Å². The molecule has 3 rings (SSSR count). The Morgan fingerprint density at radius 1 is 1.17 bits per heavy atom. The van der Waals surface area contributed by atoms with Gasteiger partial charge < -0.3 is 9.47 Å². The van der Waals surface area contributed by atoms with E-state index in [1.165, 1.54) is 18.2 Å². The Labute approximate surface area is 142 Å². The maximum Gasteiger partial charge on any atom is 0.288 e. The largest absolute Gasteiger partial charge is 0.496 e. The van der Waals surface area contributed by atoms with Crippen molar-refractivity contribution >= 4 is 28.2 Å². The molecule has 0 aliphatic carbocycles. The molecule has 0 saturated heterocycles. The van der Waals surface area contributed by atoms with E-state index in [9.17, 15) is 10.1 Å². The van der Waals surface area contributed by atoms with Crippen molar-refractivity contribution in [2.24, 2.45) is 0 Å². The van der Waals surface area contributed by atoms with Gasteiger partial charge in [-0.15, -0.1) is 0 Å². The van der Waals surface area contributed by atoms with E-state index in [1.54, 1.807) is 19.4 Å². The number of nitrogens with zero attached hydrogens (tertiary/aromatic N) is 2. The van der Waals surface area contributed by atoms with Crippen molar-refractivity contribution in [3.63, 3.8) is 0 Å². The van der Waals surface area contributed by atoms with Gasteiger partial charge in [-0.25, -0.2) is 0 Å². The topological polar surface area (TPSA) is 74.5 Å². The van der Waals surface area contributed by atoms with Crippen molar-refractivity contribution in [2.45, 2.75) is 6.92 Å². The number of aryl methyl sites for hydroxylation is 1. The Hall–Kier alpha value is -2.86. The van der Waals surface area contributed by atoms with E-state index in [0.717, 1.165) is 22.2 Å². The summed E-state index contributed by atoms with van der Waals surface area (Å²) in [5.41, 5.74) is 1.51. The van der Waals surface area contributed by atoms with E-state index in [0.29, 0.717) is 11.5 Å². The molecule has 0 radical (unpaired) electrons. The van der Waals surface area contributed by atoms with Crippen LogP contribution in [0.5, 0.6) is 17.2 Å². The molecule has 0 amide bonds. The minimum absolute atomic E-state index is 0.0220. The number of aromatic nitrogens is 1. The number of halogens is 1. The molecule has 2 aromatic carbocycles. The summed E-state index contributed by atoms with van der Waals surface area (Å²) >= 11 is 5.92. The number of benzene rings is 2. The predicted molar refractivity (Wildman–Crippen MR) is 91.2 cm³/mol. The number of ether oxygens (including phenoxy) is 2. The van der Waals surface area contributed by atoms with E-state index in [1.807, 2.05) is 19.1 Å². The smallest absolute Gasteiger partial charge is 0.288 e. The molecule has 0 fully saturated rings. The predicted octanol–water partition coefficient (Wildman–Crippen LogP) is 4.91. The van der Waals surface area contributed by atoms with Crippen LogP contribution in [0, 0.1) is 17.0 Å². The Morgan fingerprint density at radius 3 is 2.62 bits per heavy atom. The first-order valence-corrected chi connectivity index (χ1v) is 7.42. The minimum atomic E-state index is -0.538. The second kappa shape index (κ2) is 6.33. The number of fused-ring (bicyclic) bond motifs is 1. The number of nitro groups is 1. The van der Waals surface area contributed by atoms with Gasteiger partial charge in [0.25, 0.3) is 5.69 Å². The number of rotatable bonds is 4. The van der Waals surface area contributed by atoms with Crippen molar-refractivity contribution < 1.29 is 14.4 Å². The van der Waals surface area contributed by atoms with Crippen LogP contribution in [-0.4, -0.2) is 17.0 Å². The molecule has 0 unspecified atom stereocenters. The van der Waals surface area contributed by atoms with Gasteiger partial charge in [-0.1, -0.05) is 11.6 Å². The monoisotopic (exact) mass is 344 g/mol. The molecular formula is C17H13ClN2O4. The van der Waals surface area contributed by atoms with Gasteiger partial charge >= 0.3 is 0 Å². The number of methoxy groups -OCH3 is 1. The first kappa shape index (κ1) is 16.0. The summed E-state index contributed by atoms with van der Waals surface area (Å²) in [5, 5.41) is 11.7. The van der Waals surface area contributed by atoms with Gasteiger partial charge in [0.05, 0.1) is 17.5 Å². The molecule has 3 aromatic rings. The average Bonchev–Trinajstić information content (AvgIpc) is 2.54. The second-order valence-corrected chi connectivity index (χ2v) is 5.53. The Bertz CT molecular complexity index is 943. The lowest BCUT2D eigenvalue weighted by molar-refractivity contribution is -0.384. The summed E-state index contributed by atoms with van der Waals surface area (Å²) in [6.07, 6.45) is 1.62. The van der Waals surface area contributed by atoms with E-state index < -0.39 is 4.92 Å². The maximum atomic E-state index is 10.8. The molecule has 6 nitrogen and oxygen atoms in total. The molecule has 7 heteroatoms. The molecule has 24 heavy (non-hydrogen) atoms.